The molecule has 0 atom stereocenters. The first-order chi connectivity index (χ1) is 8.92. The summed E-state index contributed by atoms with van der Waals surface area (Å²) in [5, 5.41) is 0. The Morgan fingerprint density at radius 1 is 1.32 bits per heavy atom. The van der Waals surface area contributed by atoms with Crippen LogP contribution < -0.4 is 0 Å². The van der Waals surface area contributed by atoms with E-state index in [1.54, 1.807) is 6.92 Å². The first-order valence-electron chi connectivity index (χ1n) is 5.73. The molecule has 0 fully saturated rings. The van der Waals surface area contributed by atoms with Crippen LogP contribution in [0.4, 0.5) is 8.78 Å². The summed E-state index contributed by atoms with van der Waals surface area (Å²) in [6.07, 6.45) is 0. The van der Waals surface area contributed by atoms with E-state index in [0.29, 0.717) is 0 Å². The lowest BCUT2D eigenvalue weighted by atomic mass is 10.1. The van der Waals surface area contributed by atoms with Gasteiger partial charge in [-0.3, -0.25) is 9.59 Å². The number of carbonyl (C=O) groups excluding carboxylic acids is 2. The van der Waals surface area contributed by atoms with Gasteiger partial charge in [0.1, 0.15) is 23.7 Å². The number of amides is 1. The smallest absolute Gasteiger partial charge is 0.325 e. The maximum Gasteiger partial charge on any atom is 0.325 e. The number of carbonyl (C=O) groups is 2. The summed E-state index contributed by atoms with van der Waals surface area (Å²) >= 11 is 0. The number of halogens is 2. The number of nitrogens with zero attached hydrogens (tertiary/aromatic N) is 1. The Morgan fingerprint density at radius 3 is 2.47 bits per heavy atom. The van der Waals surface area contributed by atoms with E-state index in [4.69, 9.17) is 0 Å². The van der Waals surface area contributed by atoms with Gasteiger partial charge in [0.05, 0.1) is 7.11 Å². The van der Waals surface area contributed by atoms with Gasteiger partial charge in [0.25, 0.3) is 5.91 Å². The Bertz CT molecular complexity index is 503. The van der Waals surface area contributed by atoms with Crippen molar-refractivity contribution in [2.24, 2.45) is 0 Å². The second kappa shape index (κ2) is 6.26. The lowest BCUT2D eigenvalue weighted by molar-refractivity contribution is -0.141. The molecule has 1 aromatic rings. The Kier molecular flexibility index (Phi) is 4.97. The van der Waals surface area contributed by atoms with Crippen LogP contribution in [0.5, 0.6) is 0 Å². The molecule has 4 nitrogen and oxygen atoms in total. The van der Waals surface area contributed by atoms with E-state index in [-0.39, 0.29) is 18.7 Å². The highest BCUT2D eigenvalue weighted by Gasteiger charge is 2.25. The summed E-state index contributed by atoms with van der Waals surface area (Å²) in [6, 6.07) is 2.27. The first-order valence-corrected chi connectivity index (χ1v) is 5.73. The highest BCUT2D eigenvalue weighted by Crippen LogP contribution is 2.18. The minimum atomic E-state index is -0.948. The number of esters is 1. The molecule has 0 aliphatic rings. The summed E-state index contributed by atoms with van der Waals surface area (Å²) < 4.78 is 31.9. The molecule has 19 heavy (non-hydrogen) atoms. The van der Waals surface area contributed by atoms with Crippen LogP contribution in [0.15, 0.2) is 12.1 Å². The second-order valence-electron chi connectivity index (χ2n) is 3.95. The molecule has 0 saturated heterocycles. The number of hydrogen-bond donors (Lipinski definition) is 0. The van der Waals surface area contributed by atoms with Gasteiger partial charge in [-0.05, 0) is 25.5 Å². The van der Waals surface area contributed by atoms with Crippen molar-refractivity contribution in [3.05, 3.63) is 34.9 Å². The van der Waals surface area contributed by atoms with Crippen molar-refractivity contribution in [1.82, 2.24) is 4.90 Å². The van der Waals surface area contributed by atoms with Crippen molar-refractivity contribution in [2.75, 3.05) is 20.2 Å². The van der Waals surface area contributed by atoms with E-state index in [2.05, 4.69) is 4.74 Å². The predicted molar refractivity (Wildman–Crippen MR) is 64.7 cm³/mol. The van der Waals surface area contributed by atoms with E-state index in [1.807, 2.05) is 0 Å². The fourth-order valence-electron chi connectivity index (χ4n) is 1.56. The van der Waals surface area contributed by atoms with E-state index in [1.165, 1.54) is 20.1 Å². The van der Waals surface area contributed by atoms with Crippen molar-refractivity contribution >= 4 is 11.9 Å². The molecule has 0 unspecified atom stereocenters. The summed E-state index contributed by atoms with van der Waals surface area (Å²) in [5.74, 6) is -3.37. The molecule has 1 rings (SSSR count). The van der Waals surface area contributed by atoms with Crippen molar-refractivity contribution in [3.8, 4) is 0 Å². The lowest BCUT2D eigenvalue weighted by Crippen LogP contribution is -2.37. The number of ether oxygens (including phenoxy) is 1. The summed E-state index contributed by atoms with van der Waals surface area (Å²) in [4.78, 5) is 24.2. The number of aryl methyl sites for hydroxylation is 1. The summed E-state index contributed by atoms with van der Waals surface area (Å²) in [5.41, 5.74) is -0.482. The zero-order chi connectivity index (χ0) is 14.6. The van der Waals surface area contributed by atoms with E-state index in [0.717, 1.165) is 11.0 Å². The van der Waals surface area contributed by atoms with Crippen LogP contribution in [-0.2, 0) is 9.53 Å². The van der Waals surface area contributed by atoms with Crippen LogP contribution in [-0.4, -0.2) is 37.0 Å². The van der Waals surface area contributed by atoms with Crippen LogP contribution in [0.1, 0.15) is 22.8 Å². The van der Waals surface area contributed by atoms with Crippen LogP contribution in [0.2, 0.25) is 0 Å². The van der Waals surface area contributed by atoms with E-state index >= 15 is 0 Å². The molecule has 0 heterocycles. The Labute approximate surface area is 110 Å². The van der Waals surface area contributed by atoms with Gasteiger partial charge in [0.15, 0.2) is 0 Å². The number of methoxy groups -OCH3 is 1. The van der Waals surface area contributed by atoms with Gasteiger partial charge in [0.2, 0.25) is 0 Å². The van der Waals surface area contributed by atoms with Crippen molar-refractivity contribution in [3.63, 3.8) is 0 Å². The number of benzene rings is 1. The monoisotopic (exact) mass is 271 g/mol. The van der Waals surface area contributed by atoms with Gasteiger partial charge in [-0.15, -0.1) is 0 Å². The van der Waals surface area contributed by atoms with Crippen molar-refractivity contribution in [1.29, 1.82) is 0 Å². The Balaban J connectivity index is 3.11. The predicted octanol–water partition coefficient (Wildman–Crippen LogP) is 1.91. The molecule has 6 heteroatoms. The molecule has 0 aliphatic carbocycles. The van der Waals surface area contributed by atoms with E-state index in [9.17, 15) is 18.4 Å². The summed E-state index contributed by atoms with van der Waals surface area (Å²) in [7, 11) is 1.18. The fourth-order valence-corrected chi connectivity index (χ4v) is 1.56. The molecular weight excluding hydrogens is 256 g/mol. The maximum atomic E-state index is 13.8. The molecule has 0 bridgehead atoms. The Hall–Kier alpha value is -1.98. The van der Waals surface area contributed by atoms with Crippen LogP contribution >= 0.6 is 0 Å². The molecule has 0 aliphatic heterocycles. The quantitative estimate of drug-likeness (QED) is 0.786. The third-order valence-electron chi connectivity index (χ3n) is 2.71. The third kappa shape index (κ3) is 3.27. The van der Waals surface area contributed by atoms with Crippen molar-refractivity contribution < 1.29 is 23.1 Å². The average Bonchev–Trinajstić information content (AvgIpc) is 2.40. The Morgan fingerprint density at radius 2 is 1.95 bits per heavy atom. The van der Waals surface area contributed by atoms with Gasteiger partial charge in [-0.25, -0.2) is 8.78 Å². The molecule has 0 radical (unpaired) electrons. The highest BCUT2D eigenvalue weighted by molar-refractivity contribution is 5.96. The SMILES string of the molecule is CCN(CC(=O)OC)C(=O)c1c(F)ccc(C)c1F. The number of likely N-dealkylation sites (N-methyl/N-ethyl adjacent to an activating group) is 1. The summed E-state index contributed by atoms with van der Waals surface area (Å²) in [6.45, 7) is 2.83. The lowest BCUT2D eigenvalue weighted by Gasteiger charge is -2.20. The highest BCUT2D eigenvalue weighted by atomic mass is 19.1. The van der Waals surface area contributed by atoms with Gasteiger partial charge in [-0.2, -0.15) is 0 Å². The van der Waals surface area contributed by atoms with Crippen LogP contribution in [0.25, 0.3) is 0 Å². The number of rotatable bonds is 4. The topological polar surface area (TPSA) is 46.6 Å². The molecular formula is C13H15F2NO3. The van der Waals surface area contributed by atoms with Gasteiger partial charge in [-0.1, -0.05) is 6.07 Å². The van der Waals surface area contributed by atoms with Crippen LogP contribution in [0.3, 0.4) is 0 Å². The molecule has 1 aromatic carbocycles. The van der Waals surface area contributed by atoms with Crippen molar-refractivity contribution in [2.45, 2.75) is 13.8 Å². The fraction of sp³-hybridized carbons (Fsp3) is 0.385. The second-order valence-corrected chi connectivity index (χ2v) is 3.95. The molecule has 0 aromatic heterocycles. The molecule has 0 spiro atoms. The van der Waals surface area contributed by atoms with Crippen LogP contribution in [0, 0.1) is 18.6 Å². The number of hydrogen-bond acceptors (Lipinski definition) is 3. The van der Waals surface area contributed by atoms with E-state index < -0.39 is 29.1 Å². The average molecular weight is 271 g/mol. The zero-order valence-electron chi connectivity index (χ0n) is 11.0. The van der Waals surface area contributed by atoms with Gasteiger partial charge < -0.3 is 9.64 Å². The standard InChI is InChI=1S/C13H15F2NO3/c1-4-16(7-10(17)19-3)13(18)11-9(14)6-5-8(2)12(11)15/h5-6H,4,7H2,1-3H3. The molecule has 1 amide bonds. The normalized spacial score (nSPS) is 10.2. The van der Waals surface area contributed by atoms with Gasteiger partial charge in [0, 0.05) is 6.54 Å². The zero-order valence-corrected chi connectivity index (χ0v) is 11.0. The largest absolute Gasteiger partial charge is 0.468 e. The third-order valence-corrected chi connectivity index (χ3v) is 2.71. The molecule has 0 N–H and O–H groups in total. The molecule has 0 saturated carbocycles. The minimum absolute atomic E-state index is 0.140. The first kappa shape index (κ1) is 15.1. The van der Waals surface area contributed by atoms with Gasteiger partial charge >= 0.3 is 5.97 Å². The minimum Gasteiger partial charge on any atom is -0.468 e. The maximum absolute atomic E-state index is 13.8. The molecule has 104 valence electrons.